The Morgan fingerprint density at radius 3 is 2.64 bits per heavy atom. The molecule has 12 atom stereocenters. The summed E-state index contributed by atoms with van der Waals surface area (Å²) in [5.41, 5.74) is 5.28. The third-order valence-electron chi connectivity index (χ3n) is 8.13. The van der Waals surface area contributed by atoms with Crippen molar-refractivity contribution < 1.29 is 38.7 Å². The van der Waals surface area contributed by atoms with Gasteiger partial charge >= 0.3 is 12.1 Å². The van der Waals surface area contributed by atoms with E-state index in [9.17, 15) is 19.8 Å². The maximum absolute atomic E-state index is 12.9. The Balaban J connectivity index is 1.85. The van der Waals surface area contributed by atoms with Crippen LogP contribution in [0, 0.1) is 29.6 Å². The second kappa shape index (κ2) is 8.69. The number of hydrogen-bond donors (Lipinski definition) is 3. The number of aliphatic hydroxyl groups excluding tert-OH is 2. The van der Waals surface area contributed by atoms with Crippen molar-refractivity contribution in [1.82, 2.24) is 0 Å². The van der Waals surface area contributed by atoms with Crippen LogP contribution in [0.1, 0.15) is 34.1 Å². The highest BCUT2D eigenvalue weighted by Crippen LogP contribution is 2.61. The van der Waals surface area contributed by atoms with Crippen LogP contribution in [0.15, 0.2) is 23.8 Å². The summed E-state index contributed by atoms with van der Waals surface area (Å²) in [6, 6.07) is 0. The quantitative estimate of drug-likeness (QED) is 0.419. The zero-order valence-corrected chi connectivity index (χ0v) is 19.7. The lowest BCUT2D eigenvalue weighted by Crippen LogP contribution is -2.57. The van der Waals surface area contributed by atoms with Crippen molar-refractivity contribution in [3.8, 4) is 0 Å². The average Bonchev–Trinajstić information content (AvgIpc) is 2.94. The predicted octanol–water partition coefficient (Wildman–Crippen LogP) is 1.31. The number of cyclic esters (lactones) is 1. The Morgan fingerprint density at radius 2 is 2.03 bits per heavy atom. The van der Waals surface area contributed by atoms with Crippen LogP contribution in [0.3, 0.4) is 0 Å². The van der Waals surface area contributed by atoms with Crippen molar-refractivity contribution in [2.24, 2.45) is 35.3 Å². The molecule has 2 aliphatic heterocycles. The third-order valence-corrected chi connectivity index (χ3v) is 8.13. The molecule has 1 spiro atoms. The molecule has 0 aromatic rings. The molecule has 1 saturated carbocycles. The fraction of sp³-hybridized carbons (Fsp3) is 0.750. The van der Waals surface area contributed by atoms with E-state index in [-0.39, 0.29) is 36.0 Å². The van der Waals surface area contributed by atoms with Crippen LogP contribution in [0.5, 0.6) is 0 Å². The molecule has 0 unspecified atom stereocenters. The SMILES string of the molecule is CO[C@H]1C[C@H]2C=C[C@H]3[C@H]4O[C@]2(/C(C)=C/[C@@H](C)[C@@H]([C@@H](C)O)OC1=O)[C@@H]3[C@H](O)[C@@H](C)[C@H]4OC(N)=O. The highest BCUT2D eigenvalue weighted by Gasteiger charge is 2.69. The smallest absolute Gasteiger partial charge is 0.404 e. The van der Waals surface area contributed by atoms with Crippen LogP contribution in [0.2, 0.25) is 0 Å². The number of carbonyl (C=O) groups excluding carboxylic acids is 2. The zero-order valence-electron chi connectivity index (χ0n) is 19.7. The highest BCUT2D eigenvalue weighted by molar-refractivity contribution is 5.75. The van der Waals surface area contributed by atoms with Crippen LogP contribution in [0.25, 0.3) is 0 Å². The van der Waals surface area contributed by atoms with Crippen LogP contribution in [-0.2, 0) is 23.7 Å². The first kappa shape index (κ1) is 24.2. The van der Waals surface area contributed by atoms with Gasteiger partial charge in [0.2, 0.25) is 0 Å². The van der Waals surface area contributed by atoms with E-state index in [1.54, 1.807) is 6.92 Å². The first-order valence-electron chi connectivity index (χ1n) is 11.6. The summed E-state index contributed by atoms with van der Waals surface area (Å²) in [5, 5.41) is 21.7. The Labute approximate surface area is 193 Å². The summed E-state index contributed by atoms with van der Waals surface area (Å²) in [5.74, 6) is -2.02. The molecule has 33 heavy (non-hydrogen) atoms. The monoisotopic (exact) mass is 465 g/mol. The van der Waals surface area contributed by atoms with Gasteiger partial charge in [0.1, 0.15) is 23.9 Å². The number of methoxy groups -OCH3 is 1. The number of ether oxygens (including phenoxy) is 4. The van der Waals surface area contributed by atoms with Crippen molar-refractivity contribution in [1.29, 1.82) is 0 Å². The molecule has 2 heterocycles. The second-order valence-corrected chi connectivity index (χ2v) is 10.0. The number of amides is 1. The van der Waals surface area contributed by atoms with Crippen molar-refractivity contribution in [2.45, 2.75) is 76.3 Å². The van der Waals surface area contributed by atoms with Gasteiger partial charge in [0, 0.05) is 36.7 Å². The van der Waals surface area contributed by atoms with Gasteiger partial charge in [-0.2, -0.15) is 0 Å². The van der Waals surface area contributed by atoms with E-state index >= 15 is 0 Å². The van der Waals surface area contributed by atoms with E-state index < -0.39 is 54.3 Å². The number of nitrogens with two attached hydrogens (primary N) is 1. The molecule has 2 aliphatic carbocycles. The summed E-state index contributed by atoms with van der Waals surface area (Å²) in [6.07, 6.45) is 0.810. The molecule has 9 heteroatoms. The highest BCUT2D eigenvalue weighted by atomic mass is 16.6. The minimum Gasteiger partial charge on any atom is -0.457 e. The van der Waals surface area contributed by atoms with E-state index in [1.165, 1.54) is 7.11 Å². The van der Waals surface area contributed by atoms with Gasteiger partial charge in [0.15, 0.2) is 6.10 Å². The molecule has 4 N–H and O–H groups in total. The fourth-order valence-corrected chi connectivity index (χ4v) is 6.63. The standard InChI is InChI=1S/C24H35NO8/c1-10-8-11(2)24-14(9-16(30-5)22(28)31-19(10)13(4)26)6-7-15-17(24)18(27)12(3)20(21(15)33-24)32-23(25)29/h6-8,10,12-21,26-27H,9H2,1-5H3,(H2,25,29)/b11-8+/t10-,12-,13-,14-,15-,16+,17+,18-,19+,20-,21-,24+/m1/s1. The molecule has 184 valence electrons. The van der Waals surface area contributed by atoms with Gasteiger partial charge in [-0.25, -0.2) is 9.59 Å². The van der Waals surface area contributed by atoms with Gasteiger partial charge in [-0.15, -0.1) is 0 Å². The third kappa shape index (κ3) is 3.69. The van der Waals surface area contributed by atoms with E-state index in [1.807, 2.05) is 39.0 Å². The Bertz CT molecular complexity index is 855. The number of carbonyl (C=O) groups is 2. The zero-order chi connectivity index (χ0) is 24.2. The van der Waals surface area contributed by atoms with Gasteiger partial charge in [-0.1, -0.05) is 32.1 Å². The minimum atomic E-state index is -0.931. The molecule has 0 aromatic heterocycles. The van der Waals surface area contributed by atoms with Gasteiger partial charge in [0.05, 0.1) is 12.2 Å². The molecule has 9 nitrogen and oxygen atoms in total. The number of aliphatic hydroxyl groups is 2. The number of rotatable bonds is 3. The van der Waals surface area contributed by atoms with Crippen LogP contribution < -0.4 is 5.73 Å². The normalized spacial score (nSPS) is 49.3. The maximum atomic E-state index is 12.9. The van der Waals surface area contributed by atoms with E-state index in [4.69, 9.17) is 24.7 Å². The maximum Gasteiger partial charge on any atom is 0.404 e. The van der Waals surface area contributed by atoms with Gasteiger partial charge in [0.25, 0.3) is 0 Å². The first-order valence-corrected chi connectivity index (χ1v) is 11.6. The van der Waals surface area contributed by atoms with E-state index in [0.717, 1.165) is 5.57 Å². The minimum absolute atomic E-state index is 0.182. The molecule has 0 aromatic carbocycles. The molecule has 4 aliphatic rings. The van der Waals surface area contributed by atoms with Crippen LogP contribution >= 0.6 is 0 Å². The number of esters is 1. The second-order valence-electron chi connectivity index (χ2n) is 10.0. The molecule has 1 saturated heterocycles. The van der Waals surface area contributed by atoms with Crippen molar-refractivity contribution in [3.63, 3.8) is 0 Å². The summed E-state index contributed by atoms with van der Waals surface area (Å²) in [7, 11) is 1.45. The number of hydrogen-bond acceptors (Lipinski definition) is 8. The fourth-order valence-electron chi connectivity index (χ4n) is 6.63. The van der Waals surface area contributed by atoms with E-state index in [0.29, 0.717) is 0 Å². The van der Waals surface area contributed by atoms with Crippen LogP contribution in [0.4, 0.5) is 4.79 Å². The average molecular weight is 466 g/mol. The Morgan fingerprint density at radius 1 is 1.33 bits per heavy atom. The van der Waals surface area contributed by atoms with Gasteiger partial charge in [-0.3, -0.25) is 0 Å². The largest absolute Gasteiger partial charge is 0.457 e. The summed E-state index contributed by atoms with van der Waals surface area (Å²) < 4.78 is 23.4. The summed E-state index contributed by atoms with van der Waals surface area (Å²) in [6.45, 7) is 7.24. The topological polar surface area (TPSA) is 138 Å². The molecule has 4 bridgehead atoms. The first-order chi connectivity index (χ1) is 15.5. The van der Waals surface area contributed by atoms with Gasteiger partial charge in [-0.05, 0) is 25.8 Å². The molecule has 1 amide bonds. The van der Waals surface area contributed by atoms with E-state index in [2.05, 4.69) is 0 Å². The summed E-state index contributed by atoms with van der Waals surface area (Å²) >= 11 is 0. The van der Waals surface area contributed by atoms with Gasteiger partial charge < -0.3 is 34.9 Å². The summed E-state index contributed by atoms with van der Waals surface area (Å²) in [4.78, 5) is 24.6. The predicted molar refractivity (Wildman–Crippen MR) is 117 cm³/mol. The Kier molecular flexibility index (Phi) is 6.37. The Hall–Kier alpha value is -1.94. The van der Waals surface area contributed by atoms with Crippen molar-refractivity contribution in [2.75, 3.05) is 7.11 Å². The van der Waals surface area contributed by atoms with Crippen molar-refractivity contribution in [3.05, 3.63) is 23.8 Å². The molecule has 4 rings (SSSR count). The van der Waals surface area contributed by atoms with Crippen molar-refractivity contribution >= 4 is 12.1 Å². The molecule has 2 fully saturated rings. The lowest BCUT2D eigenvalue weighted by Gasteiger charge is -2.48. The number of primary amides is 1. The lowest BCUT2D eigenvalue weighted by molar-refractivity contribution is -0.172. The molecular weight excluding hydrogens is 430 g/mol. The lowest BCUT2D eigenvalue weighted by atomic mass is 9.57. The molecule has 0 radical (unpaired) electrons. The van der Waals surface area contributed by atoms with Crippen LogP contribution in [-0.4, -0.2) is 71.6 Å². The molecular formula is C24H35NO8.